The molecule has 1 aromatic heterocycles. The molecule has 0 N–H and O–H groups in total. The molecule has 7 heteroatoms. The summed E-state index contributed by atoms with van der Waals surface area (Å²) in [6.07, 6.45) is 0.775. The van der Waals surface area contributed by atoms with Crippen LogP contribution in [0.5, 0.6) is 0 Å². The van der Waals surface area contributed by atoms with Crippen molar-refractivity contribution in [3.05, 3.63) is 17.0 Å². The first kappa shape index (κ1) is 13.8. The van der Waals surface area contributed by atoms with E-state index >= 15 is 0 Å². The van der Waals surface area contributed by atoms with Gasteiger partial charge in [0.2, 0.25) is 9.05 Å². The van der Waals surface area contributed by atoms with Crippen molar-refractivity contribution in [2.24, 2.45) is 5.92 Å². The molecule has 0 unspecified atom stereocenters. The Hall–Kier alpha value is -0.590. The first-order valence-electron chi connectivity index (χ1n) is 5.96. The Morgan fingerprint density at radius 3 is 2.83 bits per heavy atom. The normalized spacial score (nSPS) is 17.1. The number of rotatable bonds is 4. The van der Waals surface area contributed by atoms with Gasteiger partial charge in [-0.25, -0.2) is 8.42 Å². The summed E-state index contributed by atoms with van der Waals surface area (Å²) in [6.45, 7) is 6.92. The zero-order valence-corrected chi connectivity index (χ0v) is 12.1. The predicted octanol–water partition coefficient (Wildman–Crippen LogP) is 1.76. The Kier molecular flexibility index (Phi) is 3.99. The molecule has 1 aliphatic heterocycles. The van der Waals surface area contributed by atoms with Crippen molar-refractivity contribution >= 4 is 19.7 Å². The monoisotopic (exact) mass is 292 g/mol. The summed E-state index contributed by atoms with van der Waals surface area (Å²) in [5.74, 6) is 1.11. The van der Waals surface area contributed by atoms with Gasteiger partial charge in [-0.2, -0.15) is 0 Å². The van der Waals surface area contributed by atoms with Crippen LogP contribution in [0.1, 0.15) is 30.9 Å². The summed E-state index contributed by atoms with van der Waals surface area (Å²) in [7, 11) is 1.67. The van der Waals surface area contributed by atoms with Crippen molar-refractivity contribution in [1.82, 2.24) is 10.1 Å². The minimum Gasteiger partial charge on any atom is -0.361 e. The molecule has 0 amide bonds. The van der Waals surface area contributed by atoms with Gasteiger partial charge in [0, 0.05) is 42.3 Å². The third-order valence-electron chi connectivity index (χ3n) is 2.92. The van der Waals surface area contributed by atoms with Crippen LogP contribution in [-0.2, 0) is 27.8 Å². The zero-order valence-electron chi connectivity index (χ0n) is 10.5. The number of hydrogen-bond donors (Lipinski definition) is 0. The van der Waals surface area contributed by atoms with Gasteiger partial charge >= 0.3 is 0 Å². The molecular formula is C11H17ClN2O3S. The summed E-state index contributed by atoms with van der Waals surface area (Å²) in [5, 5.41) is 3.83. The van der Waals surface area contributed by atoms with Crippen LogP contribution in [0.4, 0.5) is 0 Å². The summed E-state index contributed by atoms with van der Waals surface area (Å²) in [6, 6.07) is 0. The summed E-state index contributed by atoms with van der Waals surface area (Å²) in [4.78, 5) is 2.29. The molecule has 2 rings (SSSR count). The molecule has 0 fully saturated rings. The molecule has 2 heterocycles. The molecule has 0 aromatic carbocycles. The van der Waals surface area contributed by atoms with E-state index in [0.29, 0.717) is 18.2 Å². The molecular weight excluding hydrogens is 276 g/mol. The fourth-order valence-electron chi connectivity index (χ4n) is 2.27. The quantitative estimate of drug-likeness (QED) is 0.791. The second-order valence-electron chi connectivity index (χ2n) is 5.09. The van der Waals surface area contributed by atoms with Gasteiger partial charge in [0.15, 0.2) is 0 Å². The molecule has 0 atom stereocenters. The van der Waals surface area contributed by atoms with Crippen molar-refractivity contribution < 1.29 is 12.9 Å². The highest BCUT2D eigenvalue weighted by Gasteiger charge is 2.26. The van der Waals surface area contributed by atoms with Gasteiger partial charge in [-0.05, 0) is 5.92 Å². The van der Waals surface area contributed by atoms with Gasteiger partial charge < -0.3 is 4.52 Å². The molecule has 18 heavy (non-hydrogen) atoms. The average molecular weight is 293 g/mol. The third-order valence-corrected chi connectivity index (χ3v) is 3.87. The second-order valence-corrected chi connectivity index (χ2v) is 7.87. The van der Waals surface area contributed by atoms with E-state index in [0.717, 1.165) is 30.8 Å². The van der Waals surface area contributed by atoms with E-state index in [1.807, 2.05) is 0 Å². The van der Waals surface area contributed by atoms with Crippen molar-refractivity contribution in [3.63, 3.8) is 0 Å². The van der Waals surface area contributed by atoms with Crippen LogP contribution in [0, 0.1) is 5.92 Å². The molecule has 0 radical (unpaired) electrons. The highest BCUT2D eigenvalue weighted by atomic mass is 35.7. The second kappa shape index (κ2) is 5.19. The topological polar surface area (TPSA) is 63.4 Å². The number of aromatic nitrogens is 1. The Morgan fingerprint density at radius 2 is 2.22 bits per heavy atom. The van der Waals surface area contributed by atoms with Gasteiger partial charge in [0.25, 0.3) is 0 Å². The lowest BCUT2D eigenvalue weighted by Crippen LogP contribution is -2.33. The van der Waals surface area contributed by atoms with E-state index in [1.165, 1.54) is 0 Å². The van der Waals surface area contributed by atoms with Gasteiger partial charge in [-0.1, -0.05) is 19.0 Å². The maximum atomic E-state index is 11.1. The first-order chi connectivity index (χ1) is 8.35. The van der Waals surface area contributed by atoms with E-state index in [1.54, 1.807) is 0 Å². The average Bonchev–Trinajstić information content (AvgIpc) is 2.58. The molecule has 1 aliphatic rings. The van der Waals surface area contributed by atoms with E-state index < -0.39 is 9.05 Å². The van der Waals surface area contributed by atoms with E-state index in [9.17, 15) is 8.42 Å². The minimum atomic E-state index is -3.59. The predicted molar refractivity (Wildman–Crippen MR) is 68.8 cm³/mol. The van der Waals surface area contributed by atoms with Crippen molar-refractivity contribution in [1.29, 1.82) is 0 Å². The van der Waals surface area contributed by atoms with E-state index in [4.69, 9.17) is 15.2 Å². The van der Waals surface area contributed by atoms with Crippen LogP contribution >= 0.6 is 10.7 Å². The van der Waals surface area contributed by atoms with Crippen LogP contribution < -0.4 is 0 Å². The molecule has 0 aliphatic carbocycles. The highest BCUT2D eigenvalue weighted by Crippen LogP contribution is 2.25. The van der Waals surface area contributed by atoms with Gasteiger partial charge in [0.1, 0.15) is 17.2 Å². The smallest absolute Gasteiger partial charge is 0.238 e. The maximum absolute atomic E-state index is 11.1. The highest BCUT2D eigenvalue weighted by molar-refractivity contribution is 8.13. The Morgan fingerprint density at radius 1 is 1.50 bits per heavy atom. The Balaban J connectivity index is 2.16. The van der Waals surface area contributed by atoms with Crippen LogP contribution in [0.3, 0.4) is 0 Å². The van der Waals surface area contributed by atoms with Crippen LogP contribution in [0.15, 0.2) is 4.52 Å². The third kappa shape index (κ3) is 3.46. The maximum Gasteiger partial charge on any atom is 0.238 e. The number of fused-ring (bicyclic) bond motifs is 1. The fraction of sp³-hybridized carbons (Fsp3) is 0.727. The number of nitrogens with zero attached hydrogens (tertiary/aromatic N) is 2. The van der Waals surface area contributed by atoms with Crippen molar-refractivity contribution in [2.75, 3.05) is 13.1 Å². The van der Waals surface area contributed by atoms with Crippen molar-refractivity contribution in [2.45, 2.75) is 32.6 Å². The minimum absolute atomic E-state index is 0.261. The Bertz CT molecular complexity index is 524. The summed E-state index contributed by atoms with van der Waals surface area (Å²) in [5.41, 5.74) is 1.35. The van der Waals surface area contributed by atoms with Gasteiger partial charge in [-0.3, -0.25) is 4.90 Å². The van der Waals surface area contributed by atoms with Crippen LogP contribution in [-0.4, -0.2) is 31.6 Å². The van der Waals surface area contributed by atoms with Crippen LogP contribution in [0.25, 0.3) is 0 Å². The molecule has 0 bridgehead atoms. The molecule has 102 valence electrons. The molecule has 1 aromatic rings. The molecule has 0 spiro atoms. The molecule has 5 nitrogen and oxygen atoms in total. The number of halogens is 1. The van der Waals surface area contributed by atoms with Gasteiger partial charge in [0.05, 0.1) is 0 Å². The molecule has 0 saturated carbocycles. The Labute approximate surface area is 112 Å². The van der Waals surface area contributed by atoms with E-state index in [-0.39, 0.29) is 5.75 Å². The van der Waals surface area contributed by atoms with Crippen molar-refractivity contribution in [3.8, 4) is 0 Å². The van der Waals surface area contributed by atoms with Crippen LogP contribution in [0.2, 0.25) is 0 Å². The lowest BCUT2D eigenvalue weighted by molar-refractivity contribution is 0.213. The number of hydrogen-bond acceptors (Lipinski definition) is 5. The fourth-order valence-corrected chi connectivity index (χ4v) is 3.13. The lowest BCUT2D eigenvalue weighted by atomic mass is 10.1. The van der Waals surface area contributed by atoms with E-state index in [2.05, 4.69) is 23.9 Å². The first-order valence-corrected chi connectivity index (χ1v) is 8.44. The summed E-state index contributed by atoms with van der Waals surface area (Å²) < 4.78 is 27.4. The van der Waals surface area contributed by atoms with Gasteiger partial charge in [-0.15, -0.1) is 0 Å². The largest absolute Gasteiger partial charge is 0.361 e. The zero-order chi connectivity index (χ0) is 13.3. The SMILES string of the molecule is CC(C)CN1CCc2onc(CS(=O)(=O)Cl)c2C1. The lowest BCUT2D eigenvalue weighted by Gasteiger charge is -2.27. The molecule has 0 saturated heterocycles. The summed E-state index contributed by atoms with van der Waals surface area (Å²) >= 11 is 0. The standard InChI is InChI=1S/C11H17ClN2O3S/c1-8(2)5-14-4-3-11-9(6-14)10(13-17-11)7-18(12,15)16/h8H,3-7H2,1-2H3.